The molecule has 1 N–H and O–H groups in total. The number of aliphatic hydroxyl groups excluding tert-OH is 1. The minimum atomic E-state index is 0.0949. The molecule has 7 nitrogen and oxygen atoms in total. The van der Waals surface area contributed by atoms with Crippen molar-refractivity contribution in [1.82, 2.24) is 15.0 Å². The maximum absolute atomic E-state index is 9.81. The van der Waals surface area contributed by atoms with Crippen molar-refractivity contribution in [1.29, 1.82) is 0 Å². The highest BCUT2D eigenvalue weighted by Crippen LogP contribution is 2.38. The molecule has 0 spiro atoms. The highest BCUT2D eigenvalue weighted by Gasteiger charge is 2.28. The number of rotatable bonds is 5. The van der Waals surface area contributed by atoms with Gasteiger partial charge in [0, 0.05) is 18.3 Å². The van der Waals surface area contributed by atoms with Crippen molar-refractivity contribution in [3.8, 4) is 22.8 Å². The summed E-state index contributed by atoms with van der Waals surface area (Å²) in [5.41, 5.74) is 4.76. The molecule has 158 valence electrons. The summed E-state index contributed by atoms with van der Waals surface area (Å²) in [6.07, 6.45) is 6.92. The second-order valence-corrected chi connectivity index (χ2v) is 7.86. The molecule has 1 aliphatic heterocycles. The first kappa shape index (κ1) is 19.5. The summed E-state index contributed by atoms with van der Waals surface area (Å²) < 4.78 is 11.5. The zero-order valence-corrected chi connectivity index (χ0v) is 17.6. The highest BCUT2D eigenvalue weighted by molar-refractivity contribution is 5.83. The lowest BCUT2D eigenvalue weighted by Gasteiger charge is -2.27. The second-order valence-electron chi connectivity index (χ2n) is 7.86. The standard InChI is InChI=1S/C24H24N4O3/c1-15-12-18(31-24-20-8-11-30-21(20)7-9-25-24)5-6-19(15)22-16(2)26-14-27-23(22)28-10-3-4-17(28)13-29/h5-9,11-12,14,17,29H,3-4,10,13H2,1-2H3/t17-/m0/s1. The second kappa shape index (κ2) is 8.00. The van der Waals surface area contributed by atoms with E-state index in [1.807, 2.05) is 37.3 Å². The Morgan fingerprint density at radius 2 is 2.06 bits per heavy atom. The molecule has 0 amide bonds. The summed E-state index contributed by atoms with van der Waals surface area (Å²) >= 11 is 0. The average molecular weight is 416 g/mol. The van der Waals surface area contributed by atoms with Gasteiger partial charge in [-0.2, -0.15) is 0 Å². The van der Waals surface area contributed by atoms with E-state index in [0.29, 0.717) is 11.6 Å². The van der Waals surface area contributed by atoms with E-state index < -0.39 is 0 Å². The molecule has 1 saturated heterocycles. The van der Waals surface area contributed by atoms with Crippen molar-refractivity contribution in [3.05, 3.63) is 60.4 Å². The van der Waals surface area contributed by atoms with Crippen molar-refractivity contribution in [2.75, 3.05) is 18.1 Å². The lowest BCUT2D eigenvalue weighted by Crippen LogP contribution is -2.33. The van der Waals surface area contributed by atoms with Gasteiger partial charge in [-0.15, -0.1) is 0 Å². The van der Waals surface area contributed by atoms with Crippen molar-refractivity contribution >= 4 is 16.8 Å². The van der Waals surface area contributed by atoms with Crippen LogP contribution in [0.15, 0.2) is 53.5 Å². The first-order valence-electron chi connectivity index (χ1n) is 10.5. The number of pyridine rings is 1. The van der Waals surface area contributed by atoms with Crippen LogP contribution in [0.2, 0.25) is 0 Å². The van der Waals surface area contributed by atoms with Crippen LogP contribution in [-0.2, 0) is 0 Å². The molecule has 1 fully saturated rings. The van der Waals surface area contributed by atoms with Crippen molar-refractivity contribution in [2.45, 2.75) is 32.7 Å². The molecule has 0 aliphatic carbocycles. The third-order valence-corrected chi connectivity index (χ3v) is 5.90. The van der Waals surface area contributed by atoms with Gasteiger partial charge in [0.15, 0.2) is 0 Å². The van der Waals surface area contributed by atoms with Crippen LogP contribution in [0.25, 0.3) is 22.1 Å². The molecule has 4 aromatic rings. The largest absolute Gasteiger partial charge is 0.464 e. The first-order valence-corrected chi connectivity index (χ1v) is 10.5. The minimum Gasteiger partial charge on any atom is -0.464 e. The van der Waals surface area contributed by atoms with E-state index in [9.17, 15) is 5.11 Å². The van der Waals surface area contributed by atoms with Gasteiger partial charge in [-0.1, -0.05) is 6.07 Å². The number of hydrogen-bond acceptors (Lipinski definition) is 7. The van der Waals surface area contributed by atoms with Crippen molar-refractivity contribution in [2.24, 2.45) is 0 Å². The molecule has 7 heteroatoms. The minimum absolute atomic E-state index is 0.0949. The van der Waals surface area contributed by atoms with Crippen LogP contribution in [0.4, 0.5) is 5.82 Å². The summed E-state index contributed by atoms with van der Waals surface area (Å²) in [5.74, 6) is 2.10. The Kier molecular flexibility index (Phi) is 5.03. The molecule has 31 heavy (non-hydrogen) atoms. The monoisotopic (exact) mass is 416 g/mol. The number of benzene rings is 1. The molecule has 0 bridgehead atoms. The molecule has 5 rings (SSSR count). The van der Waals surface area contributed by atoms with Gasteiger partial charge in [-0.3, -0.25) is 0 Å². The first-order chi connectivity index (χ1) is 15.2. The Balaban J connectivity index is 1.52. The summed E-state index contributed by atoms with van der Waals surface area (Å²) in [6, 6.07) is 9.74. The molecule has 0 unspecified atom stereocenters. The average Bonchev–Trinajstić information content (AvgIpc) is 3.44. The van der Waals surface area contributed by atoms with Gasteiger partial charge in [0.2, 0.25) is 5.88 Å². The van der Waals surface area contributed by atoms with Gasteiger partial charge in [0.05, 0.1) is 30.0 Å². The Morgan fingerprint density at radius 1 is 1.16 bits per heavy atom. The van der Waals surface area contributed by atoms with Gasteiger partial charge in [0.25, 0.3) is 0 Å². The predicted octanol–water partition coefficient (Wildman–Crippen LogP) is 4.66. The summed E-state index contributed by atoms with van der Waals surface area (Å²) in [5, 5.41) is 10.6. The predicted molar refractivity (Wildman–Crippen MR) is 118 cm³/mol. The van der Waals surface area contributed by atoms with Gasteiger partial charge in [-0.05, 0) is 62.1 Å². The Morgan fingerprint density at radius 3 is 2.90 bits per heavy atom. The smallest absolute Gasteiger partial charge is 0.230 e. The third kappa shape index (κ3) is 3.51. The topological polar surface area (TPSA) is 84.5 Å². The Bertz CT molecular complexity index is 1240. The van der Waals surface area contributed by atoms with Gasteiger partial charge < -0.3 is 19.2 Å². The van der Waals surface area contributed by atoms with Crippen LogP contribution >= 0.6 is 0 Å². The third-order valence-electron chi connectivity index (χ3n) is 5.90. The number of anilines is 1. The molecule has 1 aromatic carbocycles. The van der Waals surface area contributed by atoms with E-state index >= 15 is 0 Å². The van der Waals surface area contributed by atoms with E-state index in [1.165, 1.54) is 0 Å². The number of hydrogen-bond donors (Lipinski definition) is 1. The lowest BCUT2D eigenvalue weighted by molar-refractivity contribution is 0.266. The van der Waals surface area contributed by atoms with Gasteiger partial charge in [-0.25, -0.2) is 15.0 Å². The molecule has 4 heterocycles. The fraction of sp³-hybridized carbons (Fsp3) is 0.292. The number of aryl methyl sites for hydroxylation is 2. The van der Waals surface area contributed by atoms with Crippen LogP contribution in [0.1, 0.15) is 24.1 Å². The van der Waals surface area contributed by atoms with Gasteiger partial charge >= 0.3 is 0 Å². The number of furan rings is 1. The lowest BCUT2D eigenvalue weighted by atomic mass is 9.98. The van der Waals surface area contributed by atoms with Crippen molar-refractivity contribution in [3.63, 3.8) is 0 Å². The van der Waals surface area contributed by atoms with E-state index in [-0.39, 0.29) is 12.6 Å². The molecule has 1 aliphatic rings. The van der Waals surface area contributed by atoms with E-state index in [2.05, 4.69) is 26.8 Å². The number of nitrogens with zero attached hydrogens (tertiary/aromatic N) is 4. The van der Waals surface area contributed by atoms with Crippen LogP contribution < -0.4 is 9.64 Å². The fourth-order valence-electron chi connectivity index (χ4n) is 4.34. The van der Waals surface area contributed by atoms with Crippen LogP contribution in [0, 0.1) is 13.8 Å². The maximum atomic E-state index is 9.81. The summed E-state index contributed by atoms with van der Waals surface area (Å²) in [6.45, 7) is 5.06. The highest BCUT2D eigenvalue weighted by atomic mass is 16.5. The Labute approximate surface area is 180 Å². The molecular weight excluding hydrogens is 392 g/mol. The fourth-order valence-corrected chi connectivity index (χ4v) is 4.34. The Hall–Kier alpha value is -3.45. The molecular formula is C24H24N4O3. The number of ether oxygens (including phenoxy) is 1. The zero-order chi connectivity index (χ0) is 21.4. The molecule has 0 saturated carbocycles. The van der Waals surface area contributed by atoms with Crippen LogP contribution in [0.3, 0.4) is 0 Å². The van der Waals surface area contributed by atoms with E-state index in [0.717, 1.165) is 58.6 Å². The molecule has 1 atom stereocenters. The van der Waals surface area contributed by atoms with E-state index in [4.69, 9.17) is 9.15 Å². The SMILES string of the molecule is Cc1cc(Oc2nccc3occc23)ccc1-c1c(C)ncnc1N1CCC[C@H]1CO. The summed E-state index contributed by atoms with van der Waals surface area (Å²) in [4.78, 5) is 15.6. The van der Waals surface area contributed by atoms with Gasteiger partial charge in [0.1, 0.15) is 23.5 Å². The molecule has 3 aromatic heterocycles. The normalized spacial score (nSPS) is 16.2. The number of aliphatic hydroxyl groups is 1. The number of aromatic nitrogens is 3. The zero-order valence-electron chi connectivity index (χ0n) is 17.6. The quantitative estimate of drug-likeness (QED) is 0.507. The van der Waals surface area contributed by atoms with Crippen molar-refractivity contribution < 1.29 is 14.3 Å². The molecule has 0 radical (unpaired) electrons. The number of fused-ring (bicyclic) bond motifs is 1. The van der Waals surface area contributed by atoms with E-state index in [1.54, 1.807) is 18.8 Å². The summed E-state index contributed by atoms with van der Waals surface area (Å²) in [7, 11) is 0. The van der Waals surface area contributed by atoms with Crippen LogP contribution in [-0.4, -0.2) is 39.3 Å². The van der Waals surface area contributed by atoms with Crippen LogP contribution in [0.5, 0.6) is 11.6 Å². The maximum Gasteiger partial charge on any atom is 0.230 e.